The van der Waals surface area contributed by atoms with E-state index in [1.165, 1.54) is 12.8 Å². The van der Waals surface area contributed by atoms with Gasteiger partial charge in [0.15, 0.2) is 0 Å². The van der Waals surface area contributed by atoms with Crippen molar-refractivity contribution < 1.29 is 0 Å². The van der Waals surface area contributed by atoms with Gasteiger partial charge in [0.25, 0.3) is 0 Å². The summed E-state index contributed by atoms with van der Waals surface area (Å²) in [5, 5.41) is 6.92. The molecule has 0 atom stereocenters. The van der Waals surface area contributed by atoms with Gasteiger partial charge in [-0.15, -0.1) is 0 Å². The summed E-state index contributed by atoms with van der Waals surface area (Å²) in [6, 6.07) is 0.560. The first-order valence-corrected chi connectivity index (χ1v) is 6.08. The molecular weight excluding hydrogens is 200 g/mol. The minimum atomic E-state index is 0.0890. The van der Waals surface area contributed by atoms with E-state index in [9.17, 15) is 0 Å². The molecule has 1 aromatic heterocycles. The molecular formula is C12H22N4. The SMILES string of the molecule is CC(C)(C)n1ccnc1NC1CCNCC1. The lowest BCUT2D eigenvalue weighted by Gasteiger charge is -2.28. The molecule has 0 bridgehead atoms. The number of aromatic nitrogens is 2. The Morgan fingerprint density at radius 3 is 2.69 bits per heavy atom. The van der Waals surface area contributed by atoms with E-state index in [4.69, 9.17) is 0 Å². The standard InChI is InChI=1S/C12H22N4/c1-12(2,3)16-9-8-14-11(16)15-10-4-6-13-7-5-10/h8-10,13H,4-7H2,1-3H3,(H,14,15). The second-order valence-corrected chi connectivity index (χ2v) is 5.46. The van der Waals surface area contributed by atoms with E-state index in [2.05, 4.69) is 41.0 Å². The van der Waals surface area contributed by atoms with Gasteiger partial charge < -0.3 is 15.2 Å². The summed E-state index contributed by atoms with van der Waals surface area (Å²) in [7, 11) is 0. The number of nitrogens with zero attached hydrogens (tertiary/aromatic N) is 2. The Labute approximate surface area is 97.4 Å². The van der Waals surface area contributed by atoms with Crippen LogP contribution in [0.15, 0.2) is 12.4 Å². The van der Waals surface area contributed by atoms with Crippen LogP contribution < -0.4 is 10.6 Å². The van der Waals surface area contributed by atoms with E-state index in [0.29, 0.717) is 6.04 Å². The summed E-state index contributed by atoms with van der Waals surface area (Å²) >= 11 is 0. The normalized spacial score (nSPS) is 18.7. The first kappa shape index (κ1) is 11.5. The maximum Gasteiger partial charge on any atom is 0.203 e. The van der Waals surface area contributed by atoms with Crippen LogP contribution in [0.5, 0.6) is 0 Å². The molecule has 2 rings (SSSR count). The summed E-state index contributed by atoms with van der Waals surface area (Å²) < 4.78 is 2.20. The van der Waals surface area contributed by atoms with Crippen molar-refractivity contribution in [1.29, 1.82) is 0 Å². The van der Waals surface area contributed by atoms with Crippen LogP contribution in [-0.4, -0.2) is 28.7 Å². The summed E-state index contributed by atoms with van der Waals surface area (Å²) in [6.45, 7) is 8.80. The van der Waals surface area contributed by atoms with Crippen molar-refractivity contribution >= 4 is 5.95 Å². The van der Waals surface area contributed by atoms with Gasteiger partial charge in [0, 0.05) is 24.0 Å². The molecule has 16 heavy (non-hydrogen) atoms. The van der Waals surface area contributed by atoms with Gasteiger partial charge >= 0.3 is 0 Å². The van der Waals surface area contributed by atoms with Crippen molar-refractivity contribution in [2.45, 2.75) is 45.2 Å². The van der Waals surface area contributed by atoms with Crippen LogP contribution in [0.1, 0.15) is 33.6 Å². The van der Waals surface area contributed by atoms with Gasteiger partial charge in [-0.1, -0.05) is 0 Å². The third-order valence-corrected chi connectivity index (χ3v) is 3.04. The van der Waals surface area contributed by atoms with Crippen LogP contribution in [0.3, 0.4) is 0 Å². The van der Waals surface area contributed by atoms with E-state index in [1.54, 1.807) is 0 Å². The van der Waals surface area contributed by atoms with Crippen LogP contribution in [0.25, 0.3) is 0 Å². The predicted octanol–water partition coefficient (Wildman–Crippen LogP) is 1.80. The maximum atomic E-state index is 4.41. The van der Waals surface area contributed by atoms with Crippen molar-refractivity contribution in [3.63, 3.8) is 0 Å². The second-order valence-electron chi connectivity index (χ2n) is 5.46. The number of anilines is 1. The Bertz CT molecular complexity index is 331. The zero-order valence-corrected chi connectivity index (χ0v) is 10.5. The molecule has 4 heteroatoms. The number of hydrogen-bond donors (Lipinski definition) is 2. The molecule has 0 radical (unpaired) electrons. The third-order valence-electron chi connectivity index (χ3n) is 3.04. The smallest absolute Gasteiger partial charge is 0.203 e. The minimum absolute atomic E-state index is 0.0890. The predicted molar refractivity (Wildman–Crippen MR) is 66.7 cm³/mol. The first-order valence-electron chi connectivity index (χ1n) is 6.08. The van der Waals surface area contributed by atoms with Gasteiger partial charge in [0.2, 0.25) is 5.95 Å². The fourth-order valence-electron chi connectivity index (χ4n) is 2.10. The maximum absolute atomic E-state index is 4.41. The van der Waals surface area contributed by atoms with Crippen LogP contribution in [0, 0.1) is 0 Å². The monoisotopic (exact) mass is 222 g/mol. The van der Waals surface area contributed by atoms with Gasteiger partial charge in [-0.3, -0.25) is 0 Å². The van der Waals surface area contributed by atoms with Gasteiger partial charge in [-0.2, -0.15) is 0 Å². The number of hydrogen-bond acceptors (Lipinski definition) is 3. The molecule has 4 nitrogen and oxygen atoms in total. The highest BCUT2D eigenvalue weighted by Crippen LogP contribution is 2.20. The summed E-state index contributed by atoms with van der Waals surface area (Å²) in [5.41, 5.74) is 0.0890. The van der Waals surface area contributed by atoms with E-state index in [-0.39, 0.29) is 5.54 Å². The second kappa shape index (κ2) is 4.45. The first-order chi connectivity index (χ1) is 7.57. The van der Waals surface area contributed by atoms with Crippen molar-refractivity contribution in [3.8, 4) is 0 Å². The molecule has 1 fully saturated rings. The van der Waals surface area contributed by atoms with Crippen molar-refractivity contribution in [2.75, 3.05) is 18.4 Å². The molecule has 0 aromatic carbocycles. The van der Waals surface area contributed by atoms with Crippen molar-refractivity contribution in [2.24, 2.45) is 0 Å². The Balaban J connectivity index is 2.06. The molecule has 1 aliphatic rings. The highest BCUT2D eigenvalue weighted by atomic mass is 15.2. The van der Waals surface area contributed by atoms with Gasteiger partial charge in [-0.25, -0.2) is 4.98 Å². The molecule has 90 valence electrons. The van der Waals surface area contributed by atoms with Crippen LogP contribution in [0.4, 0.5) is 5.95 Å². The minimum Gasteiger partial charge on any atom is -0.353 e. The fourth-order valence-corrected chi connectivity index (χ4v) is 2.10. The summed E-state index contributed by atoms with van der Waals surface area (Å²) in [4.78, 5) is 4.41. The van der Waals surface area contributed by atoms with Crippen molar-refractivity contribution in [3.05, 3.63) is 12.4 Å². The number of imidazole rings is 1. The number of piperidine rings is 1. The highest BCUT2D eigenvalue weighted by molar-refractivity contribution is 5.29. The topological polar surface area (TPSA) is 41.9 Å². The molecule has 1 saturated heterocycles. The van der Waals surface area contributed by atoms with Crippen LogP contribution >= 0.6 is 0 Å². The molecule has 1 aromatic rings. The van der Waals surface area contributed by atoms with E-state index < -0.39 is 0 Å². The van der Waals surface area contributed by atoms with E-state index in [1.807, 2.05) is 12.4 Å². The lowest BCUT2D eigenvalue weighted by atomic mass is 10.1. The third kappa shape index (κ3) is 2.55. The molecule has 2 N–H and O–H groups in total. The molecule has 0 amide bonds. The Kier molecular flexibility index (Phi) is 3.19. The van der Waals surface area contributed by atoms with Crippen LogP contribution in [0.2, 0.25) is 0 Å². The lowest BCUT2D eigenvalue weighted by molar-refractivity contribution is 0.396. The average Bonchev–Trinajstić information content (AvgIpc) is 2.67. The van der Waals surface area contributed by atoms with Gasteiger partial charge in [0.05, 0.1) is 0 Å². The quantitative estimate of drug-likeness (QED) is 0.802. The largest absolute Gasteiger partial charge is 0.353 e. The Morgan fingerprint density at radius 1 is 1.38 bits per heavy atom. The van der Waals surface area contributed by atoms with Gasteiger partial charge in [0.1, 0.15) is 0 Å². The molecule has 1 aliphatic heterocycles. The zero-order valence-electron chi connectivity index (χ0n) is 10.5. The molecule has 0 unspecified atom stereocenters. The zero-order chi connectivity index (χ0) is 11.6. The number of nitrogens with one attached hydrogen (secondary N) is 2. The molecule has 0 aliphatic carbocycles. The number of rotatable bonds is 2. The molecule has 0 saturated carbocycles. The lowest BCUT2D eigenvalue weighted by Crippen LogP contribution is -2.36. The van der Waals surface area contributed by atoms with Crippen molar-refractivity contribution in [1.82, 2.24) is 14.9 Å². The average molecular weight is 222 g/mol. The molecule has 2 heterocycles. The van der Waals surface area contributed by atoms with E-state index >= 15 is 0 Å². The highest BCUT2D eigenvalue weighted by Gasteiger charge is 2.19. The fraction of sp³-hybridized carbons (Fsp3) is 0.750. The molecule has 0 spiro atoms. The Morgan fingerprint density at radius 2 is 2.06 bits per heavy atom. The summed E-state index contributed by atoms with van der Waals surface area (Å²) in [6.07, 6.45) is 6.27. The van der Waals surface area contributed by atoms with Crippen LogP contribution in [-0.2, 0) is 5.54 Å². The van der Waals surface area contributed by atoms with E-state index in [0.717, 1.165) is 19.0 Å². The Hall–Kier alpha value is -1.03. The van der Waals surface area contributed by atoms with Gasteiger partial charge in [-0.05, 0) is 46.7 Å². The summed E-state index contributed by atoms with van der Waals surface area (Å²) in [5.74, 6) is 0.999.